The summed E-state index contributed by atoms with van der Waals surface area (Å²) in [6, 6.07) is 8.13. The first-order valence-corrected chi connectivity index (χ1v) is 9.32. The highest BCUT2D eigenvalue weighted by Gasteiger charge is 2.09. The van der Waals surface area contributed by atoms with Crippen LogP contribution in [0.1, 0.15) is 19.3 Å². The molecule has 0 N–H and O–H groups in total. The van der Waals surface area contributed by atoms with E-state index in [4.69, 9.17) is 4.74 Å². The van der Waals surface area contributed by atoms with Gasteiger partial charge in [-0.15, -0.1) is 24.8 Å². The molecule has 28 heavy (non-hydrogen) atoms. The lowest BCUT2D eigenvalue weighted by Gasteiger charge is -2.24. The first kappa shape index (κ1) is 22.1. The third kappa shape index (κ3) is 5.40. The van der Waals surface area contributed by atoms with Crippen LogP contribution in [0.15, 0.2) is 84.4 Å². The number of hydrogen-bond acceptors (Lipinski definition) is 3. The summed E-state index contributed by atoms with van der Waals surface area (Å²) < 4.78 is 6.02. The second-order valence-corrected chi connectivity index (χ2v) is 6.67. The molecule has 148 valence electrons. The van der Waals surface area contributed by atoms with Crippen molar-refractivity contribution in [2.45, 2.75) is 19.3 Å². The summed E-state index contributed by atoms with van der Waals surface area (Å²) in [4.78, 5) is 6.51. The van der Waals surface area contributed by atoms with E-state index < -0.39 is 0 Å². The van der Waals surface area contributed by atoms with Gasteiger partial charge in [0.05, 0.1) is 6.61 Å². The van der Waals surface area contributed by atoms with Gasteiger partial charge in [-0.3, -0.25) is 4.98 Å². The SMILES string of the molecule is C1=CCC(C2=CCN(CCCOc3cccc4cnccc34)C=C2)=CC1.Cl.Cl. The molecule has 0 radical (unpaired) electrons. The summed E-state index contributed by atoms with van der Waals surface area (Å²) >= 11 is 0. The number of allylic oxidation sites excluding steroid dienone is 6. The molecule has 1 aromatic carbocycles. The maximum Gasteiger partial charge on any atom is 0.127 e. The monoisotopic (exact) mass is 416 g/mol. The van der Waals surface area contributed by atoms with Crippen LogP contribution in [0.2, 0.25) is 0 Å². The Hall–Kier alpha value is -2.23. The van der Waals surface area contributed by atoms with E-state index in [1.54, 1.807) is 0 Å². The highest BCUT2D eigenvalue weighted by molar-refractivity contribution is 5.87. The Balaban J connectivity index is 0.00000140. The topological polar surface area (TPSA) is 25.4 Å². The van der Waals surface area contributed by atoms with Crippen molar-refractivity contribution < 1.29 is 4.74 Å². The Morgan fingerprint density at radius 1 is 1.07 bits per heavy atom. The molecule has 0 bridgehead atoms. The molecule has 2 aromatic rings. The summed E-state index contributed by atoms with van der Waals surface area (Å²) in [5.74, 6) is 0.943. The summed E-state index contributed by atoms with van der Waals surface area (Å²) in [7, 11) is 0. The lowest BCUT2D eigenvalue weighted by molar-refractivity contribution is 0.285. The molecule has 2 heterocycles. The van der Waals surface area contributed by atoms with Crippen molar-refractivity contribution in [3.8, 4) is 5.75 Å². The predicted molar refractivity (Wildman–Crippen MR) is 122 cm³/mol. The standard InChI is InChI=1S/C23H24N2O.2ClH/c1-2-6-19(7-3-1)20-11-15-25(16-12-20)14-5-17-26-23-9-4-8-21-18-24-13-10-22(21)23;;/h1-2,4,7-13,15,18H,3,5-6,14,16-17H2;2*1H. The smallest absolute Gasteiger partial charge is 0.127 e. The van der Waals surface area contributed by atoms with Crippen molar-refractivity contribution in [1.29, 1.82) is 0 Å². The van der Waals surface area contributed by atoms with Crippen LogP contribution in [-0.4, -0.2) is 29.6 Å². The Bertz CT molecular complexity index is 897. The van der Waals surface area contributed by atoms with Crippen molar-refractivity contribution >= 4 is 35.6 Å². The van der Waals surface area contributed by atoms with E-state index in [9.17, 15) is 0 Å². The van der Waals surface area contributed by atoms with Crippen LogP contribution in [0.5, 0.6) is 5.75 Å². The first-order chi connectivity index (χ1) is 12.9. The van der Waals surface area contributed by atoms with Crippen LogP contribution < -0.4 is 4.74 Å². The maximum absolute atomic E-state index is 6.02. The van der Waals surface area contributed by atoms with Gasteiger partial charge in [0.2, 0.25) is 0 Å². The molecular formula is C23H26Cl2N2O. The largest absolute Gasteiger partial charge is 0.493 e. The van der Waals surface area contributed by atoms with E-state index in [0.717, 1.165) is 55.5 Å². The van der Waals surface area contributed by atoms with Crippen LogP contribution >= 0.6 is 24.8 Å². The molecule has 3 nitrogen and oxygen atoms in total. The average Bonchev–Trinajstić information content (AvgIpc) is 2.72. The van der Waals surface area contributed by atoms with E-state index in [-0.39, 0.29) is 24.8 Å². The molecule has 1 aliphatic carbocycles. The van der Waals surface area contributed by atoms with Gasteiger partial charge in [0.25, 0.3) is 0 Å². The molecule has 1 aromatic heterocycles. The van der Waals surface area contributed by atoms with Gasteiger partial charge in [0.1, 0.15) is 5.75 Å². The number of rotatable bonds is 6. The Morgan fingerprint density at radius 2 is 2.00 bits per heavy atom. The molecule has 4 rings (SSSR count). The number of hydrogen-bond donors (Lipinski definition) is 0. The molecule has 1 aliphatic heterocycles. The molecular weight excluding hydrogens is 391 g/mol. The fourth-order valence-corrected chi connectivity index (χ4v) is 3.44. The molecule has 0 amide bonds. The zero-order valence-corrected chi connectivity index (χ0v) is 17.4. The second kappa shape index (κ2) is 10.9. The Morgan fingerprint density at radius 3 is 2.79 bits per heavy atom. The second-order valence-electron chi connectivity index (χ2n) is 6.67. The third-order valence-electron chi connectivity index (χ3n) is 4.87. The third-order valence-corrected chi connectivity index (χ3v) is 4.87. The number of halogens is 2. The van der Waals surface area contributed by atoms with Crippen LogP contribution in [0.25, 0.3) is 10.8 Å². The highest BCUT2D eigenvalue weighted by atomic mass is 35.5. The van der Waals surface area contributed by atoms with Gasteiger partial charge < -0.3 is 9.64 Å². The van der Waals surface area contributed by atoms with Crippen molar-refractivity contribution in [2.75, 3.05) is 19.7 Å². The molecule has 0 fully saturated rings. The predicted octanol–water partition coefficient (Wildman–Crippen LogP) is 5.88. The minimum atomic E-state index is 0. The zero-order valence-electron chi connectivity index (χ0n) is 15.8. The van der Waals surface area contributed by atoms with Gasteiger partial charge in [-0.1, -0.05) is 36.4 Å². The molecule has 0 saturated heterocycles. The molecule has 0 unspecified atom stereocenters. The van der Waals surface area contributed by atoms with Gasteiger partial charge in [-0.25, -0.2) is 0 Å². The summed E-state index contributed by atoms with van der Waals surface area (Å²) in [6.07, 6.45) is 20.4. The number of pyridine rings is 1. The van der Waals surface area contributed by atoms with Gasteiger partial charge in [-0.05, 0) is 54.8 Å². The van der Waals surface area contributed by atoms with Crippen LogP contribution in [-0.2, 0) is 0 Å². The Labute approximate surface area is 179 Å². The van der Waals surface area contributed by atoms with E-state index in [1.165, 1.54) is 11.1 Å². The lowest BCUT2D eigenvalue weighted by Crippen LogP contribution is -2.22. The fourth-order valence-electron chi connectivity index (χ4n) is 3.44. The molecule has 0 spiro atoms. The first-order valence-electron chi connectivity index (χ1n) is 9.32. The van der Waals surface area contributed by atoms with Crippen molar-refractivity contribution in [2.24, 2.45) is 0 Å². The lowest BCUT2D eigenvalue weighted by atomic mass is 9.96. The number of ether oxygens (including phenoxy) is 1. The number of nitrogens with zero attached hydrogens (tertiary/aromatic N) is 2. The fraction of sp³-hybridized carbons (Fsp3) is 0.261. The van der Waals surface area contributed by atoms with E-state index >= 15 is 0 Å². The molecule has 0 atom stereocenters. The van der Waals surface area contributed by atoms with Crippen molar-refractivity contribution in [3.05, 3.63) is 84.4 Å². The summed E-state index contributed by atoms with van der Waals surface area (Å²) in [6.45, 7) is 2.71. The van der Waals surface area contributed by atoms with Gasteiger partial charge in [-0.2, -0.15) is 0 Å². The summed E-state index contributed by atoms with van der Waals surface area (Å²) in [5, 5.41) is 2.25. The number of fused-ring (bicyclic) bond motifs is 1. The van der Waals surface area contributed by atoms with Crippen LogP contribution in [0.3, 0.4) is 0 Å². The van der Waals surface area contributed by atoms with E-state index in [1.807, 2.05) is 30.6 Å². The zero-order chi connectivity index (χ0) is 17.6. The van der Waals surface area contributed by atoms with Gasteiger partial charge >= 0.3 is 0 Å². The van der Waals surface area contributed by atoms with E-state index in [2.05, 4.69) is 52.5 Å². The number of aromatic nitrogens is 1. The minimum Gasteiger partial charge on any atom is -0.493 e. The van der Waals surface area contributed by atoms with Crippen LogP contribution in [0.4, 0.5) is 0 Å². The maximum atomic E-state index is 6.02. The molecule has 2 aliphatic rings. The van der Waals surface area contributed by atoms with Crippen molar-refractivity contribution in [1.82, 2.24) is 9.88 Å². The van der Waals surface area contributed by atoms with Gasteiger partial charge in [0.15, 0.2) is 0 Å². The summed E-state index contributed by atoms with van der Waals surface area (Å²) in [5.41, 5.74) is 2.84. The van der Waals surface area contributed by atoms with Crippen molar-refractivity contribution in [3.63, 3.8) is 0 Å². The van der Waals surface area contributed by atoms with Crippen LogP contribution in [0, 0.1) is 0 Å². The van der Waals surface area contributed by atoms with E-state index in [0.29, 0.717) is 0 Å². The van der Waals surface area contributed by atoms with Gasteiger partial charge in [0, 0.05) is 36.3 Å². The number of benzene rings is 1. The quantitative estimate of drug-likeness (QED) is 0.434. The Kier molecular flexibility index (Phi) is 8.62. The average molecular weight is 417 g/mol. The molecule has 5 heteroatoms. The normalized spacial score (nSPS) is 15.4. The molecule has 0 saturated carbocycles. The minimum absolute atomic E-state index is 0. The highest BCUT2D eigenvalue weighted by Crippen LogP contribution is 2.25.